The van der Waals surface area contributed by atoms with Crippen molar-refractivity contribution in [2.75, 3.05) is 7.11 Å². The van der Waals surface area contributed by atoms with Gasteiger partial charge in [0.15, 0.2) is 11.6 Å². The van der Waals surface area contributed by atoms with Crippen molar-refractivity contribution in [3.8, 4) is 5.75 Å². The third-order valence-corrected chi connectivity index (χ3v) is 2.93. The lowest BCUT2D eigenvalue weighted by Gasteiger charge is -2.14. The Balaban J connectivity index is 2.59. The molecule has 0 radical (unpaired) electrons. The Kier molecular flexibility index (Phi) is 2.35. The van der Waals surface area contributed by atoms with Gasteiger partial charge < -0.3 is 10.5 Å². The summed E-state index contributed by atoms with van der Waals surface area (Å²) in [6.45, 7) is 0. The summed E-state index contributed by atoms with van der Waals surface area (Å²) in [4.78, 5) is 0. The molecule has 0 spiro atoms. The number of methoxy groups -OCH3 is 1. The zero-order valence-electron chi connectivity index (χ0n) is 8.11. The van der Waals surface area contributed by atoms with Crippen LogP contribution in [0.15, 0.2) is 6.07 Å². The van der Waals surface area contributed by atoms with E-state index in [1.165, 1.54) is 13.2 Å². The van der Waals surface area contributed by atoms with Gasteiger partial charge in [0, 0.05) is 11.1 Å². The quantitative estimate of drug-likeness (QED) is 0.797. The van der Waals surface area contributed by atoms with Crippen molar-refractivity contribution in [1.82, 2.24) is 0 Å². The molecule has 0 amide bonds. The summed E-state index contributed by atoms with van der Waals surface area (Å²) in [5, 5.41) is 0.0446. The lowest BCUT2D eigenvalue weighted by Crippen LogP contribution is -2.21. The number of ether oxygens (including phenoxy) is 1. The van der Waals surface area contributed by atoms with Gasteiger partial charge in [0.25, 0.3) is 0 Å². The zero-order valence-corrected chi connectivity index (χ0v) is 8.87. The molecule has 0 atom stereocenters. The van der Waals surface area contributed by atoms with Crippen LogP contribution >= 0.6 is 11.6 Å². The van der Waals surface area contributed by atoms with Gasteiger partial charge in [-0.2, -0.15) is 4.39 Å². The van der Waals surface area contributed by atoms with Gasteiger partial charge in [-0.25, -0.2) is 4.39 Å². The first kappa shape index (κ1) is 10.6. The maximum atomic E-state index is 13.6. The number of halogens is 3. The third-order valence-electron chi connectivity index (χ3n) is 2.65. The SMILES string of the molecule is COc1c(Cl)cc(C2(N)CC2)c(F)c1F. The topological polar surface area (TPSA) is 35.2 Å². The molecule has 1 aromatic carbocycles. The molecule has 5 heteroatoms. The van der Waals surface area contributed by atoms with Gasteiger partial charge in [0.05, 0.1) is 12.1 Å². The summed E-state index contributed by atoms with van der Waals surface area (Å²) in [6.07, 6.45) is 1.29. The Hall–Kier alpha value is -0.870. The molecule has 1 saturated carbocycles. The summed E-state index contributed by atoms with van der Waals surface area (Å²) < 4.78 is 31.7. The summed E-state index contributed by atoms with van der Waals surface area (Å²) in [7, 11) is 1.23. The van der Waals surface area contributed by atoms with E-state index in [0.717, 1.165) is 0 Å². The molecule has 1 fully saturated rings. The van der Waals surface area contributed by atoms with Crippen LogP contribution in [0, 0.1) is 11.6 Å². The van der Waals surface area contributed by atoms with E-state index in [4.69, 9.17) is 17.3 Å². The van der Waals surface area contributed by atoms with E-state index < -0.39 is 17.2 Å². The Labute approximate surface area is 91.0 Å². The highest BCUT2D eigenvalue weighted by Crippen LogP contribution is 2.46. The van der Waals surface area contributed by atoms with E-state index in [1.54, 1.807) is 0 Å². The van der Waals surface area contributed by atoms with Crippen molar-refractivity contribution in [1.29, 1.82) is 0 Å². The van der Waals surface area contributed by atoms with Crippen molar-refractivity contribution in [2.24, 2.45) is 5.73 Å². The minimum atomic E-state index is -1.07. The van der Waals surface area contributed by atoms with Crippen LogP contribution in [-0.2, 0) is 5.54 Å². The van der Waals surface area contributed by atoms with Crippen LogP contribution in [0.5, 0.6) is 5.75 Å². The largest absolute Gasteiger partial charge is 0.492 e. The predicted molar refractivity (Wildman–Crippen MR) is 53.0 cm³/mol. The van der Waals surface area contributed by atoms with Gasteiger partial charge in [-0.15, -0.1) is 0 Å². The third kappa shape index (κ3) is 1.58. The highest BCUT2D eigenvalue weighted by Gasteiger charge is 2.43. The van der Waals surface area contributed by atoms with Crippen LogP contribution in [-0.4, -0.2) is 7.11 Å². The minimum absolute atomic E-state index is 0.0446. The first-order valence-electron chi connectivity index (χ1n) is 4.50. The smallest absolute Gasteiger partial charge is 0.202 e. The fourth-order valence-electron chi connectivity index (χ4n) is 1.53. The Morgan fingerprint density at radius 2 is 2.00 bits per heavy atom. The summed E-state index contributed by atoms with van der Waals surface area (Å²) in [5.41, 5.74) is 5.17. The molecule has 0 aromatic heterocycles. The molecule has 0 heterocycles. The van der Waals surface area contributed by atoms with Gasteiger partial charge in [0.1, 0.15) is 0 Å². The number of hydrogen-bond acceptors (Lipinski definition) is 2. The van der Waals surface area contributed by atoms with Crippen LogP contribution < -0.4 is 10.5 Å². The fourth-order valence-corrected chi connectivity index (χ4v) is 1.80. The van der Waals surface area contributed by atoms with Gasteiger partial charge in [-0.3, -0.25) is 0 Å². The lowest BCUT2D eigenvalue weighted by molar-refractivity contribution is 0.368. The standard InChI is InChI=1S/C10H10ClF2NO/c1-15-9-6(11)4-5(7(12)8(9)13)10(14)2-3-10/h4H,2-3,14H2,1H3. The second-order valence-electron chi connectivity index (χ2n) is 3.72. The maximum absolute atomic E-state index is 13.6. The average molecular weight is 234 g/mol. The number of hydrogen-bond donors (Lipinski definition) is 1. The van der Waals surface area contributed by atoms with Crippen molar-refractivity contribution < 1.29 is 13.5 Å². The molecule has 15 heavy (non-hydrogen) atoms. The first-order valence-corrected chi connectivity index (χ1v) is 4.88. The van der Waals surface area contributed by atoms with Gasteiger partial charge in [-0.1, -0.05) is 11.6 Å². The minimum Gasteiger partial charge on any atom is -0.492 e. The number of rotatable bonds is 2. The molecule has 2 N–H and O–H groups in total. The summed E-state index contributed by atoms with van der Waals surface area (Å²) in [5.74, 6) is -2.31. The summed E-state index contributed by atoms with van der Waals surface area (Å²) >= 11 is 5.75. The molecule has 0 unspecified atom stereocenters. The molecule has 0 aliphatic heterocycles. The fraction of sp³-hybridized carbons (Fsp3) is 0.400. The van der Waals surface area contributed by atoms with Crippen LogP contribution in [0.4, 0.5) is 8.78 Å². The van der Waals surface area contributed by atoms with Crippen molar-refractivity contribution in [2.45, 2.75) is 18.4 Å². The van der Waals surface area contributed by atoms with Crippen LogP contribution in [0.1, 0.15) is 18.4 Å². The molecule has 1 aliphatic rings. The molecule has 2 rings (SSSR count). The van der Waals surface area contributed by atoms with Crippen molar-refractivity contribution in [3.63, 3.8) is 0 Å². The second kappa shape index (κ2) is 3.32. The highest BCUT2D eigenvalue weighted by atomic mass is 35.5. The Morgan fingerprint density at radius 3 is 2.47 bits per heavy atom. The van der Waals surface area contributed by atoms with E-state index in [-0.39, 0.29) is 16.3 Å². The molecule has 0 bridgehead atoms. The molecule has 1 aromatic rings. The van der Waals surface area contributed by atoms with Crippen molar-refractivity contribution >= 4 is 11.6 Å². The predicted octanol–water partition coefficient (Wildman–Crippen LogP) is 2.57. The van der Waals surface area contributed by atoms with E-state index >= 15 is 0 Å². The van der Waals surface area contributed by atoms with E-state index in [1.807, 2.05) is 0 Å². The van der Waals surface area contributed by atoms with Gasteiger partial charge in [-0.05, 0) is 18.9 Å². The van der Waals surface area contributed by atoms with Crippen LogP contribution in [0.25, 0.3) is 0 Å². The Bertz CT molecular complexity index is 418. The normalized spacial score (nSPS) is 17.7. The van der Waals surface area contributed by atoms with Crippen LogP contribution in [0.3, 0.4) is 0 Å². The lowest BCUT2D eigenvalue weighted by atomic mass is 10.0. The molecule has 82 valence electrons. The van der Waals surface area contributed by atoms with Gasteiger partial charge in [0.2, 0.25) is 5.82 Å². The van der Waals surface area contributed by atoms with E-state index in [2.05, 4.69) is 4.74 Å². The van der Waals surface area contributed by atoms with Crippen LogP contribution in [0.2, 0.25) is 5.02 Å². The van der Waals surface area contributed by atoms with Crippen molar-refractivity contribution in [3.05, 3.63) is 28.3 Å². The zero-order chi connectivity index (χ0) is 11.2. The summed E-state index contributed by atoms with van der Waals surface area (Å²) in [6, 6.07) is 1.34. The second-order valence-corrected chi connectivity index (χ2v) is 4.13. The number of benzene rings is 1. The molecular formula is C10H10ClF2NO. The molecular weight excluding hydrogens is 224 g/mol. The number of nitrogens with two attached hydrogens (primary N) is 1. The first-order chi connectivity index (χ1) is 6.99. The van der Waals surface area contributed by atoms with E-state index in [9.17, 15) is 8.78 Å². The van der Waals surface area contributed by atoms with E-state index in [0.29, 0.717) is 12.8 Å². The average Bonchev–Trinajstić information content (AvgIpc) is 2.92. The highest BCUT2D eigenvalue weighted by molar-refractivity contribution is 6.32. The Morgan fingerprint density at radius 1 is 1.40 bits per heavy atom. The molecule has 2 nitrogen and oxygen atoms in total. The molecule has 1 aliphatic carbocycles. The monoisotopic (exact) mass is 233 g/mol. The van der Waals surface area contributed by atoms with Gasteiger partial charge >= 0.3 is 0 Å². The molecule has 0 saturated heterocycles. The maximum Gasteiger partial charge on any atom is 0.202 e.